The molecule has 1 atom stereocenters. The van der Waals surface area contributed by atoms with E-state index in [1.54, 1.807) is 11.1 Å². The Morgan fingerprint density at radius 2 is 1.93 bits per heavy atom. The molecule has 3 aromatic rings. The van der Waals surface area contributed by atoms with E-state index < -0.39 is 5.82 Å². The fraction of sp³-hybridized carbons (Fsp3) is 0.515. The maximum absolute atomic E-state index is 14.5. The van der Waals surface area contributed by atoms with Crippen molar-refractivity contribution in [1.29, 1.82) is 0 Å². The summed E-state index contributed by atoms with van der Waals surface area (Å²) >= 11 is 0. The summed E-state index contributed by atoms with van der Waals surface area (Å²) in [6.45, 7) is 8.35. The van der Waals surface area contributed by atoms with Gasteiger partial charge in [-0.2, -0.15) is 0 Å². The Bertz CT molecular complexity index is 1460. The standard InChI is InChI=1S/C33H41FN6O4/c1-22(2)40(24-5-4-16-42-20-24)33(41)26-17-23(34)6-7-29(26)44-31-18-35-21-37-32(31)39-14-9-25(10-15-39)43-30-8-12-36-28-11-13-38(3)19-27(28)30/h6-8,12,17-18,21-22,24-25H,4-5,9-11,13-16,19-20H2,1-3H3/t24-/m1/s1. The molecule has 234 valence electrons. The molecule has 0 unspecified atom stereocenters. The summed E-state index contributed by atoms with van der Waals surface area (Å²) in [4.78, 5) is 33.4. The molecule has 5 heterocycles. The lowest BCUT2D eigenvalue weighted by molar-refractivity contribution is 0.00775. The quantitative estimate of drug-likeness (QED) is 0.357. The smallest absolute Gasteiger partial charge is 0.258 e. The maximum Gasteiger partial charge on any atom is 0.258 e. The number of likely N-dealkylation sites (N-methyl/N-ethyl adjacent to an activating group) is 1. The molecule has 3 aliphatic rings. The van der Waals surface area contributed by atoms with E-state index in [2.05, 4.69) is 31.8 Å². The van der Waals surface area contributed by atoms with Gasteiger partial charge in [0, 0.05) is 75.5 Å². The number of fused-ring (bicyclic) bond motifs is 1. The zero-order chi connectivity index (χ0) is 30.6. The van der Waals surface area contributed by atoms with Gasteiger partial charge in [0.15, 0.2) is 11.6 Å². The van der Waals surface area contributed by atoms with Gasteiger partial charge in [0.2, 0.25) is 0 Å². The number of rotatable bonds is 8. The summed E-state index contributed by atoms with van der Waals surface area (Å²) in [6.07, 6.45) is 9.27. The van der Waals surface area contributed by atoms with Crippen molar-refractivity contribution in [3.8, 4) is 17.2 Å². The van der Waals surface area contributed by atoms with E-state index in [1.165, 1.54) is 30.1 Å². The van der Waals surface area contributed by atoms with Gasteiger partial charge in [0.1, 0.15) is 29.7 Å². The third-order valence-corrected chi connectivity index (χ3v) is 8.67. The number of amides is 1. The van der Waals surface area contributed by atoms with Crippen molar-refractivity contribution < 1.29 is 23.4 Å². The van der Waals surface area contributed by atoms with Crippen molar-refractivity contribution >= 4 is 11.7 Å². The molecular formula is C33H41FN6O4. The number of pyridine rings is 1. The van der Waals surface area contributed by atoms with E-state index in [4.69, 9.17) is 14.2 Å². The second kappa shape index (κ2) is 13.4. The lowest BCUT2D eigenvalue weighted by atomic mass is 10.0. The monoisotopic (exact) mass is 604 g/mol. The van der Waals surface area contributed by atoms with Crippen LogP contribution in [0.5, 0.6) is 17.2 Å². The molecule has 0 N–H and O–H groups in total. The summed E-state index contributed by atoms with van der Waals surface area (Å²) in [7, 11) is 2.12. The van der Waals surface area contributed by atoms with Gasteiger partial charge in [0.05, 0.1) is 24.4 Å². The van der Waals surface area contributed by atoms with Gasteiger partial charge in [-0.3, -0.25) is 9.78 Å². The third kappa shape index (κ3) is 6.63. The molecule has 1 amide bonds. The summed E-state index contributed by atoms with van der Waals surface area (Å²) < 4.78 is 33.0. The number of carbonyl (C=O) groups is 1. The number of ether oxygens (including phenoxy) is 3. The molecule has 0 saturated carbocycles. The van der Waals surface area contributed by atoms with Crippen molar-refractivity contribution in [2.75, 3.05) is 44.8 Å². The molecule has 2 fully saturated rings. The van der Waals surface area contributed by atoms with E-state index in [9.17, 15) is 9.18 Å². The van der Waals surface area contributed by atoms with Gasteiger partial charge in [-0.1, -0.05) is 0 Å². The average molecular weight is 605 g/mol. The van der Waals surface area contributed by atoms with Gasteiger partial charge in [-0.15, -0.1) is 0 Å². The number of anilines is 1. The number of piperidine rings is 1. The normalized spacial score (nSPS) is 19.5. The van der Waals surface area contributed by atoms with Crippen LogP contribution in [0, 0.1) is 5.82 Å². The second-order valence-electron chi connectivity index (χ2n) is 12.2. The first kappa shape index (κ1) is 30.2. The third-order valence-electron chi connectivity index (χ3n) is 8.67. The van der Waals surface area contributed by atoms with Crippen molar-refractivity contribution in [3.63, 3.8) is 0 Å². The number of halogens is 1. The Balaban J connectivity index is 1.17. The lowest BCUT2D eigenvalue weighted by Gasteiger charge is -2.37. The van der Waals surface area contributed by atoms with Crippen LogP contribution in [0.4, 0.5) is 10.2 Å². The number of aromatic nitrogens is 3. The molecular weight excluding hydrogens is 563 g/mol. The highest BCUT2D eigenvalue weighted by Gasteiger charge is 2.32. The second-order valence-corrected chi connectivity index (χ2v) is 12.2. The van der Waals surface area contributed by atoms with Crippen LogP contribution in [0.25, 0.3) is 0 Å². The highest BCUT2D eigenvalue weighted by atomic mass is 19.1. The van der Waals surface area contributed by atoms with Gasteiger partial charge in [-0.25, -0.2) is 14.4 Å². The molecule has 0 aliphatic carbocycles. The van der Waals surface area contributed by atoms with E-state index in [0.717, 1.165) is 56.6 Å². The average Bonchev–Trinajstić information content (AvgIpc) is 3.03. The van der Waals surface area contributed by atoms with Crippen LogP contribution in [0.15, 0.2) is 43.0 Å². The highest BCUT2D eigenvalue weighted by molar-refractivity contribution is 5.97. The van der Waals surface area contributed by atoms with E-state index >= 15 is 0 Å². The minimum atomic E-state index is -0.502. The topological polar surface area (TPSA) is 93.2 Å². The van der Waals surface area contributed by atoms with Crippen molar-refractivity contribution in [2.24, 2.45) is 0 Å². The Morgan fingerprint density at radius 1 is 1.09 bits per heavy atom. The van der Waals surface area contributed by atoms with Crippen LogP contribution < -0.4 is 14.4 Å². The first-order chi connectivity index (χ1) is 21.4. The predicted molar refractivity (Wildman–Crippen MR) is 164 cm³/mol. The van der Waals surface area contributed by atoms with Gasteiger partial charge in [0.25, 0.3) is 5.91 Å². The van der Waals surface area contributed by atoms with Gasteiger partial charge < -0.3 is 28.9 Å². The molecule has 0 spiro atoms. The fourth-order valence-electron chi connectivity index (χ4n) is 6.42. The summed E-state index contributed by atoms with van der Waals surface area (Å²) in [5.74, 6) is 1.44. The highest BCUT2D eigenvalue weighted by Crippen LogP contribution is 2.35. The molecule has 0 radical (unpaired) electrons. The number of benzene rings is 1. The summed E-state index contributed by atoms with van der Waals surface area (Å²) in [5, 5.41) is 0. The first-order valence-corrected chi connectivity index (χ1v) is 15.6. The van der Waals surface area contributed by atoms with E-state index in [1.807, 2.05) is 26.1 Å². The van der Waals surface area contributed by atoms with Crippen LogP contribution in [0.1, 0.15) is 61.1 Å². The molecule has 2 saturated heterocycles. The molecule has 2 aromatic heterocycles. The number of hydrogen-bond donors (Lipinski definition) is 0. The maximum atomic E-state index is 14.5. The Morgan fingerprint density at radius 3 is 2.70 bits per heavy atom. The Hall–Kier alpha value is -3.83. The fourth-order valence-corrected chi connectivity index (χ4v) is 6.42. The molecule has 44 heavy (non-hydrogen) atoms. The zero-order valence-corrected chi connectivity index (χ0v) is 25.7. The molecule has 6 rings (SSSR count). The van der Waals surface area contributed by atoms with Crippen LogP contribution in [0.2, 0.25) is 0 Å². The minimum Gasteiger partial charge on any atom is -0.490 e. The lowest BCUT2D eigenvalue weighted by Crippen LogP contribution is -2.48. The minimum absolute atomic E-state index is 0.0725. The molecule has 10 nitrogen and oxygen atoms in total. The van der Waals surface area contributed by atoms with Crippen molar-refractivity contribution in [2.45, 2.75) is 70.7 Å². The van der Waals surface area contributed by atoms with Crippen LogP contribution >= 0.6 is 0 Å². The van der Waals surface area contributed by atoms with Gasteiger partial charge in [-0.05, 0) is 58.0 Å². The molecule has 0 bridgehead atoms. The largest absolute Gasteiger partial charge is 0.490 e. The number of hydrogen-bond acceptors (Lipinski definition) is 9. The van der Waals surface area contributed by atoms with Crippen LogP contribution in [-0.2, 0) is 17.7 Å². The summed E-state index contributed by atoms with van der Waals surface area (Å²) in [5.41, 5.74) is 2.48. The van der Waals surface area contributed by atoms with Crippen LogP contribution in [-0.4, -0.2) is 88.7 Å². The molecule has 11 heteroatoms. The van der Waals surface area contributed by atoms with Crippen molar-refractivity contribution in [1.82, 2.24) is 24.8 Å². The SMILES string of the molecule is CC(C)N(C(=O)c1cc(F)ccc1Oc1cncnc1N1CCC(Oc2ccnc3c2CN(C)CC3)CC1)[C@@H]1CCCOC1. The van der Waals surface area contributed by atoms with E-state index in [0.29, 0.717) is 37.9 Å². The number of carbonyl (C=O) groups excluding carboxylic acids is 1. The number of nitrogens with zero attached hydrogens (tertiary/aromatic N) is 6. The predicted octanol–water partition coefficient (Wildman–Crippen LogP) is 4.87. The zero-order valence-electron chi connectivity index (χ0n) is 25.7. The molecule has 1 aromatic carbocycles. The Labute approximate surface area is 258 Å². The van der Waals surface area contributed by atoms with E-state index in [-0.39, 0.29) is 35.4 Å². The van der Waals surface area contributed by atoms with Crippen LogP contribution in [0.3, 0.4) is 0 Å². The van der Waals surface area contributed by atoms with Crippen molar-refractivity contribution in [3.05, 3.63) is 65.6 Å². The van der Waals surface area contributed by atoms with Gasteiger partial charge >= 0.3 is 0 Å². The first-order valence-electron chi connectivity index (χ1n) is 15.6. The molecule has 3 aliphatic heterocycles. The Kier molecular flexibility index (Phi) is 9.22. The summed E-state index contributed by atoms with van der Waals surface area (Å²) in [6, 6.07) is 5.86.